The highest BCUT2D eigenvalue weighted by Crippen LogP contribution is 2.27. The largest absolute Gasteiger partial charge is 0.323 e. The van der Waals surface area contributed by atoms with E-state index in [2.05, 4.69) is 5.32 Å². The fourth-order valence-corrected chi connectivity index (χ4v) is 4.38. The summed E-state index contributed by atoms with van der Waals surface area (Å²) in [6.07, 6.45) is 3.18. The van der Waals surface area contributed by atoms with Gasteiger partial charge in [0.2, 0.25) is 15.9 Å². The lowest BCUT2D eigenvalue weighted by Gasteiger charge is -2.30. The third kappa shape index (κ3) is 4.76. The third-order valence-corrected chi connectivity index (χ3v) is 5.75. The van der Waals surface area contributed by atoms with Gasteiger partial charge < -0.3 is 5.32 Å². The number of para-hydroxylation sites is 1. The Hall–Kier alpha value is -2.06. The molecule has 0 aliphatic carbocycles. The Morgan fingerprint density at radius 3 is 2.35 bits per heavy atom. The van der Waals surface area contributed by atoms with Gasteiger partial charge in [0.25, 0.3) is 0 Å². The summed E-state index contributed by atoms with van der Waals surface area (Å²) in [7, 11) is -3.75. The molecule has 1 atom stereocenters. The molecule has 0 spiro atoms. The first-order chi connectivity index (χ1) is 12.3. The van der Waals surface area contributed by atoms with Crippen LogP contribution in [0.1, 0.15) is 13.3 Å². The number of hydrogen-bond acceptors (Lipinski definition) is 4. The molecule has 0 aliphatic heterocycles. The van der Waals surface area contributed by atoms with Crippen LogP contribution in [-0.2, 0) is 14.8 Å². The third-order valence-electron chi connectivity index (χ3n) is 3.78. The van der Waals surface area contributed by atoms with E-state index in [9.17, 15) is 17.6 Å². The van der Waals surface area contributed by atoms with Crippen molar-refractivity contribution < 1.29 is 17.6 Å². The highest BCUT2D eigenvalue weighted by Gasteiger charge is 2.31. The van der Waals surface area contributed by atoms with Crippen LogP contribution < -0.4 is 9.62 Å². The number of sulfonamides is 1. The minimum Gasteiger partial charge on any atom is -0.323 e. The second-order valence-corrected chi connectivity index (χ2v) is 8.36. The molecule has 1 unspecified atom stereocenters. The van der Waals surface area contributed by atoms with Gasteiger partial charge in [0.1, 0.15) is 11.9 Å². The molecule has 0 radical (unpaired) electrons. The molecular weight excluding hydrogens is 375 g/mol. The fourth-order valence-electron chi connectivity index (χ4n) is 2.61. The van der Waals surface area contributed by atoms with E-state index in [4.69, 9.17) is 0 Å². The second-order valence-electron chi connectivity index (χ2n) is 5.65. The van der Waals surface area contributed by atoms with Crippen molar-refractivity contribution in [1.29, 1.82) is 0 Å². The molecule has 140 valence electrons. The van der Waals surface area contributed by atoms with E-state index in [-0.39, 0.29) is 12.1 Å². The van der Waals surface area contributed by atoms with E-state index < -0.39 is 27.8 Å². The number of nitrogens with zero attached hydrogens (tertiary/aromatic N) is 1. The maximum Gasteiger partial charge on any atom is 0.248 e. The Morgan fingerprint density at radius 1 is 1.19 bits per heavy atom. The normalized spacial score (nSPS) is 12.5. The number of carbonyl (C=O) groups is 1. The fraction of sp³-hybridized carbons (Fsp3) is 0.278. The van der Waals surface area contributed by atoms with Gasteiger partial charge in [-0.15, -0.1) is 11.8 Å². The summed E-state index contributed by atoms with van der Waals surface area (Å²) in [5, 5.41) is 2.81. The first kappa shape index (κ1) is 20.3. The van der Waals surface area contributed by atoms with Gasteiger partial charge in [0, 0.05) is 4.90 Å². The molecule has 1 N–H and O–H groups in total. The second kappa shape index (κ2) is 8.55. The SMILES string of the molecule is CCC(C(=O)Nc1ccccc1SC)N(c1ccc(F)cc1)S(C)(=O)=O. The van der Waals surface area contributed by atoms with Crippen molar-refractivity contribution in [2.24, 2.45) is 0 Å². The molecule has 0 heterocycles. The standard InChI is InChI=1S/C18H21FN2O3S2/c1-4-16(18(22)20-15-7-5-6-8-17(15)25-2)21(26(3,23)24)14-11-9-13(19)10-12-14/h5-12,16H,4H2,1-3H3,(H,20,22). The van der Waals surface area contributed by atoms with Crippen molar-refractivity contribution in [2.45, 2.75) is 24.3 Å². The summed E-state index contributed by atoms with van der Waals surface area (Å²) in [5.74, 6) is -0.919. The molecule has 0 saturated carbocycles. The molecule has 1 amide bonds. The summed E-state index contributed by atoms with van der Waals surface area (Å²) < 4.78 is 38.9. The summed E-state index contributed by atoms with van der Waals surface area (Å²) in [6.45, 7) is 1.73. The zero-order chi connectivity index (χ0) is 19.3. The van der Waals surface area contributed by atoms with E-state index in [1.165, 1.54) is 36.0 Å². The Labute approximate surface area is 157 Å². The van der Waals surface area contributed by atoms with Gasteiger partial charge >= 0.3 is 0 Å². The van der Waals surface area contributed by atoms with Crippen molar-refractivity contribution in [3.63, 3.8) is 0 Å². The molecule has 8 heteroatoms. The van der Waals surface area contributed by atoms with Crippen molar-refractivity contribution in [2.75, 3.05) is 22.1 Å². The van der Waals surface area contributed by atoms with Crippen molar-refractivity contribution in [1.82, 2.24) is 0 Å². The Balaban J connectivity index is 2.38. The zero-order valence-corrected chi connectivity index (χ0v) is 16.4. The van der Waals surface area contributed by atoms with Gasteiger partial charge in [-0.1, -0.05) is 19.1 Å². The monoisotopic (exact) mass is 396 g/mol. The Bertz CT molecular complexity index is 870. The first-order valence-corrected chi connectivity index (χ1v) is 11.0. The number of thioether (sulfide) groups is 1. The summed E-state index contributed by atoms with van der Waals surface area (Å²) in [6, 6.07) is 11.4. The maximum absolute atomic E-state index is 13.2. The van der Waals surface area contributed by atoms with Crippen molar-refractivity contribution in [3.8, 4) is 0 Å². The van der Waals surface area contributed by atoms with Crippen molar-refractivity contribution >= 4 is 39.1 Å². The molecule has 2 aromatic carbocycles. The number of halogens is 1. The van der Waals surface area contributed by atoms with Crippen LogP contribution in [0.25, 0.3) is 0 Å². The van der Waals surface area contributed by atoms with Gasteiger partial charge in [-0.05, 0) is 49.1 Å². The number of nitrogens with one attached hydrogen (secondary N) is 1. The van der Waals surface area contributed by atoms with E-state index in [0.29, 0.717) is 5.69 Å². The number of anilines is 2. The van der Waals surface area contributed by atoms with Crippen LogP contribution in [0.3, 0.4) is 0 Å². The number of hydrogen-bond donors (Lipinski definition) is 1. The topological polar surface area (TPSA) is 66.5 Å². The molecule has 2 aromatic rings. The molecule has 0 saturated heterocycles. The van der Waals surface area contributed by atoms with E-state index in [1.54, 1.807) is 19.1 Å². The minimum absolute atomic E-state index is 0.244. The molecule has 5 nitrogen and oxygen atoms in total. The highest BCUT2D eigenvalue weighted by molar-refractivity contribution is 7.98. The maximum atomic E-state index is 13.2. The Morgan fingerprint density at radius 2 is 1.81 bits per heavy atom. The van der Waals surface area contributed by atoms with Gasteiger partial charge in [0.15, 0.2) is 0 Å². The summed E-state index contributed by atoms with van der Waals surface area (Å²) in [4.78, 5) is 13.7. The quantitative estimate of drug-likeness (QED) is 0.724. The molecule has 26 heavy (non-hydrogen) atoms. The number of carbonyl (C=O) groups excluding carboxylic acids is 1. The lowest BCUT2D eigenvalue weighted by Crippen LogP contribution is -2.47. The lowest BCUT2D eigenvalue weighted by atomic mass is 10.1. The molecule has 0 bridgehead atoms. The van der Waals surface area contributed by atoms with Crippen LogP contribution in [0.4, 0.5) is 15.8 Å². The van der Waals surface area contributed by atoms with Gasteiger partial charge in [-0.25, -0.2) is 12.8 Å². The molecule has 0 aromatic heterocycles. The van der Waals surface area contributed by atoms with E-state index in [0.717, 1.165) is 15.5 Å². The van der Waals surface area contributed by atoms with Gasteiger partial charge in [0.05, 0.1) is 17.6 Å². The van der Waals surface area contributed by atoms with Crippen LogP contribution in [0.2, 0.25) is 0 Å². The van der Waals surface area contributed by atoms with E-state index >= 15 is 0 Å². The van der Waals surface area contributed by atoms with Crippen LogP contribution in [0.5, 0.6) is 0 Å². The smallest absolute Gasteiger partial charge is 0.248 e. The molecule has 0 fully saturated rings. The average molecular weight is 397 g/mol. The molecule has 2 rings (SSSR count). The minimum atomic E-state index is -3.75. The first-order valence-electron chi connectivity index (χ1n) is 7.96. The lowest BCUT2D eigenvalue weighted by molar-refractivity contribution is -0.117. The number of rotatable bonds is 7. The van der Waals surface area contributed by atoms with E-state index in [1.807, 2.05) is 18.4 Å². The Kier molecular flexibility index (Phi) is 6.66. The van der Waals surface area contributed by atoms with Gasteiger partial charge in [-0.2, -0.15) is 0 Å². The highest BCUT2D eigenvalue weighted by atomic mass is 32.2. The zero-order valence-electron chi connectivity index (χ0n) is 14.8. The predicted molar refractivity (Wildman–Crippen MR) is 105 cm³/mol. The molecule has 0 aliphatic rings. The van der Waals surface area contributed by atoms with Crippen LogP contribution in [-0.4, -0.2) is 32.9 Å². The van der Waals surface area contributed by atoms with Crippen molar-refractivity contribution in [3.05, 3.63) is 54.3 Å². The van der Waals surface area contributed by atoms with Crippen LogP contribution in [0, 0.1) is 5.82 Å². The average Bonchev–Trinajstić information content (AvgIpc) is 2.60. The van der Waals surface area contributed by atoms with Gasteiger partial charge in [-0.3, -0.25) is 9.10 Å². The van der Waals surface area contributed by atoms with Crippen LogP contribution >= 0.6 is 11.8 Å². The summed E-state index contributed by atoms with van der Waals surface area (Å²) in [5.41, 5.74) is 0.866. The molecular formula is C18H21FN2O3S2. The van der Waals surface area contributed by atoms with Crippen LogP contribution in [0.15, 0.2) is 53.4 Å². The predicted octanol–water partition coefficient (Wildman–Crippen LogP) is 3.73. The number of benzene rings is 2. The number of amides is 1. The summed E-state index contributed by atoms with van der Waals surface area (Å²) >= 11 is 1.48.